The number of fused-ring (bicyclic) bond motifs is 1. The number of likely N-dealkylation sites (N-methyl/N-ethyl adjacent to an activating group) is 1. The lowest BCUT2D eigenvalue weighted by molar-refractivity contribution is -0.122. The monoisotopic (exact) mass is 420 g/mol. The van der Waals surface area contributed by atoms with Crippen LogP contribution in [0.15, 0.2) is 48.5 Å². The number of hydrogen-bond donors (Lipinski definition) is 1. The van der Waals surface area contributed by atoms with Crippen molar-refractivity contribution in [3.8, 4) is 0 Å². The SMILES string of the molecule is CCC(=O)c1ccc2c(c1)CN(C)[C@H](CNC(=O)C[C@@H](c1ccccc1)C(C)(C)C)C2. The second kappa shape index (κ2) is 9.78. The number of nitrogens with zero attached hydrogens (tertiary/aromatic N) is 1. The summed E-state index contributed by atoms with van der Waals surface area (Å²) in [5.74, 6) is 0.464. The molecule has 2 aromatic carbocycles. The summed E-state index contributed by atoms with van der Waals surface area (Å²) in [6.45, 7) is 9.92. The molecule has 0 saturated carbocycles. The Morgan fingerprint density at radius 1 is 1.10 bits per heavy atom. The van der Waals surface area contributed by atoms with Crippen molar-refractivity contribution in [1.82, 2.24) is 10.2 Å². The van der Waals surface area contributed by atoms with Crippen LogP contribution in [-0.2, 0) is 17.8 Å². The second-order valence-corrected chi connectivity index (χ2v) is 9.87. The molecule has 1 N–H and O–H groups in total. The molecule has 1 aliphatic heterocycles. The van der Waals surface area contributed by atoms with Crippen LogP contribution in [0.1, 0.15) is 73.5 Å². The fourth-order valence-corrected chi connectivity index (χ4v) is 4.48. The third-order valence-corrected chi connectivity index (χ3v) is 6.52. The fourth-order valence-electron chi connectivity index (χ4n) is 4.48. The van der Waals surface area contributed by atoms with Gasteiger partial charge in [0.1, 0.15) is 0 Å². The van der Waals surface area contributed by atoms with Gasteiger partial charge in [-0.1, -0.05) is 70.2 Å². The molecule has 0 unspecified atom stereocenters. The first kappa shape index (κ1) is 23.2. The van der Waals surface area contributed by atoms with E-state index in [4.69, 9.17) is 0 Å². The van der Waals surface area contributed by atoms with E-state index in [9.17, 15) is 9.59 Å². The summed E-state index contributed by atoms with van der Waals surface area (Å²) in [6.07, 6.45) is 1.90. The number of amides is 1. The molecule has 2 aromatic rings. The van der Waals surface area contributed by atoms with E-state index in [0.717, 1.165) is 18.5 Å². The molecule has 2 atom stereocenters. The van der Waals surface area contributed by atoms with E-state index < -0.39 is 0 Å². The lowest BCUT2D eigenvalue weighted by Crippen LogP contribution is -2.46. The molecule has 0 fully saturated rings. The third kappa shape index (κ3) is 5.82. The van der Waals surface area contributed by atoms with Crippen LogP contribution in [0.25, 0.3) is 0 Å². The van der Waals surface area contributed by atoms with E-state index >= 15 is 0 Å². The lowest BCUT2D eigenvalue weighted by Gasteiger charge is -2.35. The van der Waals surface area contributed by atoms with Gasteiger partial charge >= 0.3 is 0 Å². The van der Waals surface area contributed by atoms with Crippen LogP contribution in [0.4, 0.5) is 0 Å². The molecule has 0 aliphatic carbocycles. The van der Waals surface area contributed by atoms with Crippen molar-refractivity contribution in [1.29, 1.82) is 0 Å². The van der Waals surface area contributed by atoms with Gasteiger partial charge in [0.2, 0.25) is 5.91 Å². The number of benzene rings is 2. The standard InChI is InChI=1S/C27H36N2O2/c1-6-25(30)21-13-12-20-15-23(29(5)18-22(20)14-21)17-28-26(31)16-24(27(2,3)4)19-10-8-7-9-11-19/h7-14,23-24H,6,15-18H2,1-5H3,(H,28,31)/t23-,24-/m0/s1. The molecule has 1 heterocycles. The Kier molecular flexibility index (Phi) is 7.32. The molecular weight excluding hydrogens is 384 g/mol. The van der Waals surface area contributed by atoms with Crippen LogP contribution < -0.4 is 5.32 Å². The Labute approximate surface area is 187 Å². The molecule has 1 amide bonds. The summed E-state index contributed by atoms with van der Waals surface area (Å²) in [7, 11) is 2.09. The van der Waals surface area contributed by atoms with Crippen molar-refractivity contribution in [2.24, 2.45) is 5.41 Å². The van der Waals surface area contributed by atoms with E-state index in [2.05, 4.69) is 56.2 Å². The molecule has 4 heteroatoms. The number of Topliss-reactive ketones (excluding diaryl/α,β-unsaturated/α-hetero) is 1. The van der Waals surface area contributed by atoms with Gasteiger partial charge in [0.15, 0.2) is 5.78 Å². The van der Waals surface area contributed by atoms with Gasteiger partial charge in [-0.3, -0.25) is 14.5 Å². The minimum atomic E-state index is 0.00684. The van der Waals surface area contributed by atoms with E-state index in [1.54, 1.807) is 0 Å². The number of nitrogens with one attached hydrogen (secondary N) is 1. The van der Waals surface area contributed by atoms with Crippen LogP contribution in [0.3, 0.4) is 0 Å². The van der Waals surface area contributed by atoms with Gasteiger partial charge in [0.05, 0.1) is 0 Å². The Balaban J connectivity index is 1.62. The van der Waals surface area contributed by atoms with Crippen molar-refractivity contribution in [2.45, 2.75) is 65.5 Å². The largest absolute Gasteiger partial charge is 0.355 e. The maximum Gasteiger partial charge on any atom is 0.220 e. The summed E-state index contributed by atoms with van der Waals surface area (Å²) < 4.78 is 0. The summed E-state index contributed by atoms with van der Waals surface area (Å²) in [6, 6.07) is 16.7. The number of hydrogen-bond acceptors (Lipinski definition) is 3. The van der Waals surface area contributed by atoms with Gasteiger partial charge in [0, 0.05) is 37.5 Å². The van der Waals surface area contributed by atoms with Crippen molar-refractivity contribution < 1.29 is 9.59 Å². The molecular formula is C27H36N2O2. The smallest absolute Gasteiger partial charge is 0.220 e. The Hall–Kier alpha value is -2.46. The summed E-state index contributed by atoms with van der Waals surface area (Å²) >= 11 is 0. The van der Waals surface area contributed by atoms with Gasteiger partial charge in [-0.25, -0.2) is 0 Å². The quantitative estimate of drug-likeness (QED) is 0.643. The molecule has 3 rings (SSSR count). The first-order valence-corrected chi connectivity index (χ1v) is 11.4. The lowest BCUT2D eigenvalue weighted by atomic mass is 9.74. The number of carbonyl (C=O) groups excluding carboxylic acids is 2. The summed E-state index contributed by atoms with van der Waals surface area (Å²) in [5, 5.41) is 3.19. The molecule has 0 saturated heterocycles. The maximum atomic E-state index is 12.9. The van der Waals surface area contributed by atoms with Crippen LogP contribution in [0.5, 0.6) is 0 Å². The molecule has 0 spiro atoms. The Morgan fingerprint density at radius 3 is 2.45 bits per heavy atom. The summed E-state index contributed by atoms with van der Waals surface area (Å²) in [5.41, 5.74) is 4.53. The predicted octanol–water partition coefficient (Wildman–Crippen LogP) is 4.97. The van der Waals surface area contributed by atoms with Gasteiger partial charge in [0.25, 0.3) is 0 Å². The van der Waals surface area contributed by atoms with Gasteiger partial charge in [-0.05, 0) is 47.6 Å². The van der Waals surface area contributed by atoms with Crippen molar-refractivity contribution in [3.05, 3.63) is 70.8 Å². The highest BCUT2D eigenvalue weighted by molar-refractivity contribution is 5.96. The highest BCUT2D eigenvalue weighted by Gasteiger charge is 2.29. The maximum absolute atomic E-state index is 12.9. The zero-order chi connectivity index (χ0) is 22.6. The Morgan fingerprint density at radius 2 is 1.81 bits per heavy atom. The van der Waals surface area contributed by atoms with E-state index in [1.165, 1.54) is 16.7 Å². The summed E-state index contributed by atoms with van der Waals surface area (Å²) in [4.78, 5) is 27.2. The predicted molar refractivity (Wildman–Crippen MR) is 126 cm³/mol. The molecule has 0 radical (unpaired) electrons. The number of rotatable bonds is 7. The number of ketones is 1. The zero-order valence-corrected chi connectivity index (χ0v) is 19.6. The average molecular weight is 421 g/mol. The third-order valence-electron chi connectivity index (χ3n) is 6.52. The molecule has 0 aromatic heterocycles. The van der Waals surface area contributed by atoms with Crippen molar-refractivity contribution in [3.63, 3.8) is 0 Å². The molecule has 31 heavy (non-hydrogen) atoms. The van der Waals surface area contributed by atoms with Crippen molar-refractivity contribution in [2.75, 3.05) is 13.6 Å². The highest BCUT2D eigenvalue weighted by atomic mass is 16.1. The topological polar surface area (TPSA) is 49.4 Å². The fraction of sp³-hybridized carbons (Fsp3) is 0.481. The Bertz CT molecular complexity index is 915. The van der Waals surface area contributed by atoms with E-state index in [-0.39, 0.29) is 29.1 Å². The first-order chi connectivity index (χ1) is 14.7. The highest BCUT2D eigenvalue weighted by Crippen LogP contribution is 2.37. The number of carbonyl (C=O) groups is 2. The average Bonchev–Trinajstić information content (AvgIpc) is 2.74. The van der Waals surface area contributed by atoms with Gasteiger partial charge in [-0.2, -0.15) is 0 Å². The van der Waals surface area contributed by atoms with Crippen molar-refractivity contribution >= 4 is 11.7 Å². The first-order valence-electron chi connectivity index (χ1n) is 11.4. The minimum Gasteiger partial charge on any atom is -0.355 e. The molecule has 1 aliphatic rings. The second-order valence-electron chi connectivity index (χ2n) is 9.87. The van der Waals surface area contributed by atoms with Gasteiger partial charge in [-0.15, -0.1) is 0 Å². The van der Waals surface area contributed by atoms with Gasteiger partial charge < -0.3 is 5.32 Å². The molecule has 4 nitrogen and oxygen atoms in total. The zero-order valence-electron chi connectivity index (χ0n) is 19.6. The normalized spacial score (nSPS) is 17.6. The minimum absolute atomic E-state index is 0.00684. The van der Waals surface area contributed by atoms with Crippen LogP contribution in [0.2, 0.25) is 0 Å². The van der Waals surface area contributed by atoms with Crippen LogP contribution >= 0.6 is 0 Å². The van der Waals surface area contributed by atoms with Crippen LogP contribution in [-0.4, -0.2) is 36.2 Å². The molecule has 0 bridgehead atoms. The van der Waals surface area contributed by atoms with E-state index in [1.807, 2.05) is 37.3 Å². The van der Waals surface area contributed by atoms with Crippen LogP contribution in [0, 0.1) is 5.41 Å². The van der Waals surface area contributed by atoms with E-state index in [0.29, 0.717) is 19.4 Å². The molecule has 166 valence electrons.